The van der Waals surface area contributed by atoms with Crippen molar-refractivity contribution >= 4 is 0 Å². The summed E-state index contributed by atoms with van der Waals surface area (Å²) < 4.78 is 24.8. The summed E-state index contributed by atoms with van der Waals surface area (Å²) in [5.74, 6) is 0. The number of benzene rings is 3. The summed E-state index contributed by atoms with van der Waals surface area (Å²) in [7, 11) is 0. The highest BCUT2D eigenvalue weighted by Crippen LogP contribution is 2.28. The first-order chi connectivity index (χ1) is 16.3. The van der Waals surface area contributed by atoms with Crippen molar-refractivity contribution < 1.29 is 18.9 Å². The van der Waals surface area contributed by atoms with Crippen molar-refractivity contribution in [3.8, 4) is 0 Å². The topological polar surface area (TPSA) is 36.9 Å². The Morgan fingerprint density at radius 1 is 0.697 bits per heavy atom. The molecule has 0 saturated heterocycles. The highest BCUT2D eigenvalue weighted by atomic mass is 16.6. The Kier molecular flexibility index (Phi) is 8.48. The molecule has 0 N–H and O–H groups in total. The van der Waals surface area contributed by atoms with Crippen LogP contribution in [0.1, 0.15) is 16.7 Å². The van der Waals surface area contributed by atoms with Gasteiger partial charge in [0.25, 0.3) is 0 Å². The van der Waals surface area contributed by atoms with Gasteiger partial charge in [-0.3, -0.25) is 0 Å². The minimum Gasteiger partial charge on any atom is -0.492 e. The standard InChI is InChI=1S/C29H30O4/c1-2-26-21-31-27(22-30-18-23-12-6-3-7-13-23)29(33-20-25-16-10-5-11-17-25)28(26)32-19-24-14-8-4-9-15-24/h2-17,21,27-29H,1,18-20,22H2/t27-,28-,29+/m1/s1. The highest BCUT2D eigenvalue weighted by Gasteiger charge is 2.38. The van der Waals surface area contributed by atoms with Gasteiger partial charge in [-0.1, -0.05) is 104 Å². The Morgan fingerprint density at radius 2 is 1.21 bits per heavy atom. The van der Waals surface area contributed by atoms with Gasteiger partial charge >= 0.3 is 0 Å². The zero-order valence-corrected chi connectivity index (χ0v) is 18.7. The second-order valence-corrected chi connectivity index (χ2v) is 7.98. The van der Waals surface area contributed by atoms with E-state index in [2.05, 4.69) is 30.8 Å². The van der Waals surface area contributed by atoms with Crippen molar-refractivity contribution in [3.63, 3.8) is 0 Å². The third kappa shape index (κ3) is 6.65. The molecule has 0 aromatic heterocycles. The molecule has 170 valence electrons. The molecule has 0 amide bonds. The minimum atomic E-state index is -0.345. The SMILES string of the molecule is C=CC1=CO[C@H](COCc2ccccc2)[C@H](OCc2ccccc2)[C@@H]1OCc1ccccc1. The van der Waals surface area contributed by atoms with Crippen molar-refractivity contribution in [2.45, 2.75) is 38.1 Å². The second-order valence-electron chi connectivity index (χ2n) is 7.98. The van der Waals surface area contributed by atoms with Gasteiger partial charge in [-0.25, -0.2) is 0 Å². The van der Waals surface area contributed by atoms with Crippen LogP contribution in [0.2, 0.25) is 0 Å². The lowest BCUT2D eigenvalue weighted by Gasteiger charge is -2.37. The third-order valence-corrected chi connectivity index (χ3v) is 5.56. The molecule has 33 heavy (non-hydrogen) atoms. The number of ether oxygens (including phenoxy) is 4. The monoisotopic (exact) mass is 442 g/mol. The third-order valence-electron chi connectivity index (χ3n) is 5.56. The molecular weight excluding hydrogens is 412 g/mol. The number of rotatable bonds is 11. The van der Waals surface area contributed by atoms with E-state index in [0.717, 1.165) is 22.3 Å². The summed E-state index contributed by atoms with van der Waals surface area (Å²) in [4.78, 5) is 0. The van der Waals surface area contributed by atoms with Gasteiger partial charge in [-0.2, -0.15) is 0 Å². The van der Waals surface area contributed by atoms with E-state index in [1.54, 1.807) is 12.3 Å². The summed E-state index contributed by atoms with van der Waals surface area (Å²) in [6.45, 7) is 5.79. The lowest BCUT2D eigenvalue weighted by Crippen LogP contribution is -2.47. The van der Waals surface area contributed by atoms with Gasteiger partial charge in [0, 0.05) is 5.57 Å². The predicted octanol–water partition coefficient (Wildman–Crippen LogP) is 5.84. The average Bonchev–Trinajstić information content (AvgIpc) is 2.88. The Balaban J connectivity index is 1.47. The summed E-state index contributed by atoms with van der Waals surface area (Å²) in [6.07, 6.45) is 2.53. The van der Waals surface area contributed by atoms with Gasteiger partial charge in [0.05, 0.1) is 32.7 Å². The normalized spacial score (nSPS) is 20.0. The van der Waals surface area contributed by atoms with Gasteiger partial charge in [0.15, 0.2) is 0 Å². The predicted molar refractivity (Wildman–Crippen MR) is 129 cm³/mol. The lowest BCUT2D eigenvalue weighted by molar-refractivity contribution is -0.150. The Morgan fingerprint density at radius 3 is 1.76 bits per heavy atom. The fraction of sp³-hybridized carbons (Fsp3) is 0.241. The molecular formula is C29H30O4. The van der Waals surface area contributed by atoms with E-state index in [1.807, 2.05) is 66.7 Å². The summed E-state index contributed by atoms with van der Waals surface area (Å²) in [5, 5.41) is 0. The quantitative estimate of drug-likeness (QED) is 0.374. The zero-order chi connectivity index (χ0) is 22.7. The molecule has 0 bridgehead atoms. The minimum absolute atomic E-state index is 0.304. The molecule has 0 fully saturated rings. The van der Waals surface area contributed by atoms with Crippen LogP contribution >= 0.6 is 0 Å². The van der Waals surface area contributed by atoms with Gasteiger partial charge < -0.3 is 18.9 Å². The van der Waals surface area contributed by atoms with E-state index in [4.69, 9.17) is 18.9 Å². The van der Waals surface area contributed by atoms with Crippen LogP contribution in [-0.4, -0.2) is 24.9 Å². The summed E-state index contributed by atoms with van der Waals surface area (Å²) >= 11 is 0. The van der Waals surface area contributed by atoms with E-state index in [1.165, 1.54) is 0 Å². The molecule has 4 nitrogen and oxygen atoms in total. The summed E-state index contributed by atoms with van der Waals surface area (Å²) in [6, 6.07) is 30.4. The van der Waals surface area contributed by atoms with Crippen LogP contribution in [0, 0.1) is 0 Å². The Hall–Kier alpha value is -3.18. The van der Waals surface area contributed by atoms with E-state index in [0.29, 0.717) is 26.4 Å². The second kappa shape index (κ2) is 12.2. The molecule has 0 saturated carbocycles. The number of hydrogen-bond donors (Lipinski definition) is 0. The molecule has 0 aliphatic carbocycles. The molecule has 3 aromatic carbocycles. The molecule has 0 radical (unpaired) electrons. The van der Waals surface area contributed by atoms with E-state index >= 15 is 0 Å². The molecule has 3 aromatic rings. The Labute approximate surface area is 196 Å². The van der Waals surface area contributed by atoms with Crippen molar-refractivity contribution in [2.24, 2.45) is 0 Å². The average molecular weight is 443 g/mol. The highest BCUT2D eigenvalue weighted by molar-refractivity contribution is 5.25. The fourth-order valence-electron chi connectivity index (χ4n) is 3.77. The van der Waals surface area contributed by atoms with E-state index in [9.17, 15) is 0 Å². The maximum Gasteiger partial charge on any atom is 0.150 e. The fourth-order valence-corrected chi connectivity index (χ4v) is 3.77. The Bertz CT molecular complexity index is 1000. The zero-order valence-electron chi connectivity index (χ0n) is 18.7. The maximum atomic E-state index is 6.40. The van der Waals surface area contributed by atoms with Crippen LogP contribution in [-0.2, 0) is 38.8 Å². The van der Waals surface area contributed by atoms with Crippen LogP contribution in [0.4, 0.5) is 0 Å². The number of hydrogen-bond acceptors (Lipinski definition) is 4. The van der Waals surface area contributed by atoms with Crippen molar-refractivity contribution in [1.82, 2.24) is 0 Å². The van der Waals surface area contributed by atoms with Crippen LogP contribution < -0.4 is 0 Å². The van der Waals surface area contributed by atoms with Crippen LogP contribution in [0.5, 0.6) is 0 Å². The van der Waals surface area contributed by atoms with E-state index < -0.39 is 0 Å². The first-order valence-electron chi connectivity index (χ1n) is 11.2. The molecule has 0 spiro atoms. The maximum absolute atomic E-state index is 6.40. The van der Waals surface area contributed by atoms with Crippen molar-refractivity contribution in [2.75, 3.05) is 6.61 Å². The van der Waals surface area contributed by atoms with Crippen LogP contribution in [0.3, 0.4) is 0 Å². The molecule has 3 atom stereocenters. The molecule has 1 heterocycles. The van der Waals surface area contributed by atoms with Crippen molar-refractivity contribution in [3.05, 3.63) is 132 Å². The first kappa shape index (κ1) is 23.0. The lowest BCUT2D eigenvalue weighted by atomic mass is 9.98. The molecule has 4 heteroatoms. The van der Waals surface area contributed by atoms with Gasteiger partial charge in [0.1, 0.15) is 18.3 Å². The largest absolute Gasteiger partial charge is 0.492 e. The van der Waals surface area contributed by atoms with Crippen LogP contribution in [0.15, 0.2) is 115 Å². The molecule has 4 rings (SSSR count). The first-order valence-corrected chi connectivity index (χ1v) is 11.2. The smallest absolute Gasteiger partial charge is 0.150 e. The molecule has 1 aliphatic heterocycles. The molecule has 1 aliphatic rings. The molecule has 0 unspecified atom stereocenters. The van der Waals surface area contributed by atoms with E-state index in [-0.39, 0.29) is 18.3 Å². The summed E-state index contributed by atoms with van der Waals surface area (Å²) in [5.41, 5.74) is 4.18. The van der Waals surface area contributed by atoms with Gasteiger partial charge in [-0.15, -0.1) is 0 Å². The van der Waals surface area contributed by atoms with Crippen LogP contribution in [0.25, 0.3) is 0 Å². The van der Waals surface area contributed by atoms with Gasteiger partial charge in [-0.05, 0) is 16.7 Å². The van der Waals surface area contributed by atoms with Gasteiger partial charge in [0.2, 0.25) is 0 Å². The van der Waals surface area contributed by atoms with Crippen molar-refractivity contribution in [1.29, 1.82) is 0 Å².